The summed E-state index contributed by atoms with van der Waals surface area (Å²) in [7, 11) is 0. The van der Waals surface area contributed by atoms with Crippen molar-refractivity contribution in [3.05, 3.63) is 119 Å². The number of H-pyrrole nitrogens is 1. The number of aromatic nitrogens is 1. The van der Waals surface area contributed by atoms with Gasteiger partial charge in [-0.3, -0.25) is 4.79 Å². The van der Waals surface area contributed by atoms with Crippen LogP contribution in [0.1, 0.15) is 33.2 Å². The average Bonchev–Trinajstić information content (AvgIpc) is 3.55. The molecule has 3 N–H and O–H groups in total. The van der Waals surface area contributed by atoms with Crippen LogP contribution in [0.4, 0.5) is 5.69 Å². The molecule has 0 aliphatic carbocycles. The van der Waals surface area contributed by atoms with E-state index in [1.807, 2.05) is 41.3 Å². The first-order valence-electron chi connectivity index (χ1n) is 13.5. The van der Waals surface area contributed by atoms with Crippen molar-refractivity contribution >= 4 is 22.5 Å². The van der Waals surface area contributed by atoms with Gasteiger partial charge in [-0.25, -0.2) is 0 Å². The molecule has 0 spiro atoms. The molecule has 1 atom stereocenters. The van der Waals surface area contributed by atoms with E-state index < -0.39 is 6.04 Å². The topological polar surface area (TPSA) is 71.6 Å². The summed E-state index contributed by atoms with van der Waals surface area (Å²) in [6.07, 6.45) is 0. The number of hydrogen-bond acceptors (Lipinski definition) is 4. The molecule has 7 rings (SSSR count). The molecule has 0 radical (unpaired) electrons. The Hall–Kier alpha value is -4.55. The van der Waals surface area contributed by atoms with E-state index in [1.165, 1.54) is 5.69 Å². The summed E-state index contributed by atoms with van der Waals surface area (Å²) < 4.78 is 0. The number of phenols is 1. The highest BCUT2D eigenvalue weighted by Crippen LogP contribution is 2.40. The van der Waals surface area contributed by atoms with Gasteiger partial charge >= 0.3 is 0 Å². The van der Waals surface area contributed by atoms with Crippen LogP contribution >= 0.6 is 0 Å². The molecule has 2 aliphatic rings. The van der Waals surface area contributed by atoms with Crippen LogP contribution in [-0.2, 0) is 6.54 Å². The molecule has 6 nitrogen and oxygen atoms in total. The van der Waals surface area contributed by atoms with Gasteiger partial charge < -0.3 is 25.2 Å². The number of hydrogen-bond donors (Lipinski definition) is 3. The number of nitrogens with zero attached hydrogens (tertiary/aromatic N) is 2. The van der Waals surface area contributed by atoms with Crippen molar-refractivity contribution in [1.82, 2.24) is 15.2 Å². The van der Waals surface area contributed by atoms with Crippen molar-refractivity contribution in [3.8, 4) is 16.9 Å². The van der Waals surface area contributed by atoms with Gasteiger partial charge in [0.25, 0.3) is 5.91 Å². The Balaban J connectivity index is 1.22. The largest absolute Gasteiger partial charge is 0.508 e. The number of piperazine rings is 1. The molecule has 6 heteroatoms. The second kappa shape index (κ2) is 9.64. The molecular weight excluding hydrogens is 484 g/mol. The molecule has 194 valence electrons. The second-order valence-corrected chi connectivity index (χ2v) is 10.4. The van der Waals surface area contributed by atoms with E-state index in [4.69, 9.17) is 0 Å². The molecule has 2 aliphatic heterocycles. The zero-order valence-electron chi connectivity index (χ0n) is 21.6. The fraction of sp³-hybridized carbons (Fsp3) is 0.182. The summed E-state index contributed by atoms with van der Waals surface area (Å²) in [6.45, 7) is 4.51. The predicted molar refractivity (Wildman–Crippen MR) is 155 cm³/mol. The minimum absolute atomic E-state index is 0.0313. The number of phenolic OH excluding ortho intramolecular Hbond substituents is 1. The number of carbonyl (C=O) groups excluding carboxylic acids is 1. The van der Waals surface area contributed by atoms with Crippen LogP contribution in [0.15, 0.2) is 97.1 Å². The number of aromatic hydroxyl groups is 1. The number of rotatable bonds is 5. The first-order valence-corrected chi connectivity index (χ1v) is 13.5. The van der Waals surface area contributed by atoms with Crippen LogP contribution in [0, 0.1) is 0 Å². The molecule has 1 aromatic heterocycles. The highest BCUT2D eigenvalue weighted by Gasteiger charge is 2.36. The number of fused-ring (bicyclic) bond motifs is 2. The lowest BCUT2D eigenvalue weighted by Gasteiger charge is -2.29. The zero-order chi connectivity index (χ0) is 26.3. The maximum Gasteiger partial charge on any atom is 0.255 e. The molecule has 39 heavy (non-hydrogen) atoms. The summed E-state index contributed by atoms with van der Waals surface area (Å²) in [5, 5.41) is 15.3. The highest BCUT2D eigenvalue weighted by molar-refractivity contribution is 6.00. The number of aromatic amines is 1. The van der Waals surface area contributed by atoms with E-state index in [0.717, 1.165) is 65.0 Å². The lowest BCUT2D eigenvalue weighted by molar-refractivity contribution is 0.0727. The van der Waals surface area contributed by atoms with Crippen molar-refractivity contribution in [1.29, 1.82) is 0 Å². The Kier molecular flexibility index (Phi) is 5.82. The van der Waals surface area contributed by atoms with E-state index >= 15 is 0 Å². The molecule has 0 saturated carbocycles. The van der Waals surface area contributed by atoms with Gasteiger partial charge in [-0.15, -0.1) is 0 Å². The van der Waals surface area contributed by atoms with E-state index in [9.17, 15) is 9.90 Å². The molecular formula is C33H30N4O2. The first kappa shape index (κ1) is 23.6. The summed E-state index contributed by atoms with van der Waals surface area (Å²) >= 11 is 0. The molecule has 0 bridgehead atoms. The van der Waals surface area contributed by atoms with Crippen molar-refractivity contribution in [2.45, 2.75) is 12.6 Å². The number of amides is 1. The summed E-state index contributed by atoms with van der Waals surface area (Å²) in [6, 6.07) is 31.8. The third-order valence-corrected chi connectivity index (χ3v) is 8.01. The minimum Gasteiger partial charge on any atom is -0.508 e. The van der Waals surface area contributed by atoms with Crippen LogP contribution in [0.25, 0.3) is 22.0 Å². The maximum atomic E-state index is 14.0. The fourth-order valence-electron chi connectivity index (χ4n) is 5.96. The van der Waals surface area contributed by atoms with Gasteiger partial charge in [-0.05, 0) is 58.5 Å². The Morgan fingerprint density at radius 3 is 2.33 bits per heavy atom. The van der Waals surface area contributed by atoms with E-state index in [1.54, 1.807) is 12.1 Å². The number of anilines is 1. The van der Waals surface area contributed by atoms with Crippen LogP contribution in [-0.4, -0.2) is 47.1 Å². The molecule has 1 fully saturated rings. The molecule has 1 amide bonds. The minimum atomic E-state index is -0.444. The third-order valence-electron chi connectivity index (χ3n) is 8.01. The van der Waals surface area contributed by atoms with Gasteiger partial charge in [-0.2, -0.15) is 0 Å². The first-order chi connectivity index (χ1) is 19.2. The Labute approximate surface area is 227 Å². The van der Waals surface area contributed by atoms with E-state index in [-0.39, 0.29) is 11.7 Å². The maximum absolute atomic E-state index is 14.0. The van der Waals surface area contributed by atoms with Crippen molar-refractivity contribution < 1.29 is 9.90 Å². The third kappa shape index (κ3) is 4.23. The van der Waals surface area contributed by atoms with Gasteiger partial charge in [0.05, 0.1) is 0 Å². The van der Waals surface area contributed by atoms with Crippen molar-refractivity contribution in [2.24, 2.45) is 0 Å². The normalized spacial score (nSPS) is 16.1. The monoisotopic (exact) mass is 514 g/mol. The number of para-hydroxylation sites is 2. The molecule has 1 unspecified atom stereocenters. The van der Waals surface area contributed by atoms with E-state index in [0.29, 0.717) is 12.1 Å². The molecule has 4 aromatic carbocycles. The van der Waals surface area contributed by atoms with Crippen LogP contribution in [0.5, 0.6) is 5.75 Å². The summed E-state index contributed by atoms with van der Waals surface area (Å²) in [5.74, 6) is 0.145. The lowest BCUT2D eigenvalue weighted by atomic mass is 10.00. The number of benzene rings is 4. The van der Waals surface area contributed by atoms with Gasteiger partial charge in [0, 0.05) is 60.7 Å². The molecule has 3 heterocycles. The van der Waals surface area contributed by atoms with E-state index in [2.05, 4.69) is 63.7 Å². The van der Waals surface area contributed by atoms with Gasteiger partial charge in [0.15, 0.2) is 0 Å². The van der Waals surface area contributed by atoms with Gasteiger partial charge in [-0.1, -0.05) is 60.7 Å². The standard InChI is InChI=1S/C33H30N4O2/c38-31-8-4-2-6-27(31)32(30-20-24-5-1-3-7-29(24)35-30)37-21-25-10-9-23(19-28(25)33(37)39)22-11-13-26(14-12-22)36-17-15-34-16-18-36/h1-14,19-20,32,34-35,38H,15-18,21H2. The fourth-order valence-corrected chi connectivity index (χ4v) is 5.96. The van der Waals surface area contributed by atoms with Gasteiger partial charge in [0.2, 0.25) is 0 Å². The average molecular weight is 515 g/mol. The quantitative estimate of drug-likeness (QED) is 0.282. The summed E-state index contributed by atoms with van der Waals surface area (Å²) in [4.78, 5) is 21.7. The van der Waals surface area contributed by atoms with Crippen LogP contribution < -0.4 is 10.2 Å². The predicted octanol–water partition coefficient (Wildman–Crippen LogP) is 5.70. The Morgan fingerprint density at radius 1 is 0.795 bits per heavy atom. The number of carbonyl (C=O) groups is 1. The molecule has 1 saturated heterocycles. The van der Waals surface area contributed by atoms with Crippen LogP contribution in [0.2, 0.25) is 0 Å². The zero-order valence-corrected chi connectivity index (χ0v) is 21.6. The van der Waals surface area contributed by atoms with Crippen LogP contribution in [0.3, 0.4) is 0 Å². The Morgan fingerprint density at radius 2 is 1.54 bits per heavy atom. The van der Waals surface area contributed by atoms with Crippen molar-refractivity contribution in [3.63, 3.8) is 0 Å². The second-order valence-electron chi connectivity index (χ2n) is 10.4. The smallest absolute Gasteiger partial charge is 0.255 e. The lowest BCUT2D eigenvalue weighted by Crippen LogP contribution is -2.43. The summed E-state index contributed by atoms with van der Waals surface area (Å²) in [5.41, 5.74) is 7.65. The SMILES string of the molecule is O=C1c2cc(-c3ccc(N4CCNCC4)cc3)ccc2CN1C(c1cc2ccccc2[nH]1)c1ccccc1O. The molecule has 5 aromatic rings. The van der Waals surface area contributed by atoms with Crippen molar-refractivity contribution in [2.75, 3.05) is 31.1 Å². The van der Waals surface area contributed by atoms with Gasteiger partial charge in [0.1, 0.15) is 11.8 Å². The Bertz CT molecular complexity index is 1630. The number of nitrogens with one attached hydrogen (secondary N) is 2. The highest BCUT2D eigenvalue weighted by atomic mass is 16.3.